The van der Waals surface area contributed by atoms with Gasteiger partial charge in [0.15, 0.2) is 5.69 Å². The van der Waals surface area contributed by atoms with Crippen molar-refractivity contribution in [1.29, 1.82) is 0 Å². The van der Waals surface area contributed by atoms with Crippen LogP contribution < -0.4 is 0 Å². The molecule has 6 rings (SSSR count). The molecule has 1 amide bonds. The van der Waals surface area contributed by atoms with Gasteiger partial charge >= 0.3 is 0 Å². The van der Waals surface area contributed by atoms with Gasteiger partial charge < -0.3 is 10.0 Å². The molecule has 6 nitrogen and oxygen atoms in total. The second-order valence-corrected chi connectivity index (χ2v) is 8.54. The molecule has 2 aromatic rings. The van der Waals surface area contributed by atoms with Crippen molar-refractivity contribution in [3.05, 3.63) is 46.8 Å². The van der Waals surface area contributed by atoms with Crippen LogP contribution in [0.4, 0.5) is 0 Å². The van der Waals surface area contributed by atoms with Crippen LogP contribution in [0, 0.1) is 12.8 Å². The SMILES string of the molecule is CCc1[nH]nc(C(=O)N2C[C@@H](c3cccc(O)c3)[C@@H]3[C@H]2C2CCN3CC2)c1C. The van der Waals surface area contributed by atoms with Gasteiger partial charge in [0.25, 0.3) is 5.91 Å². The summed E-state index contributed by atoms with van der Waals surface area (Å²) in [6.07, 6.45) is 3.18. The lowest BCUT2D eigenvalue weighted by Gasteiger charge is -2.51. The number of fused-ring (bicyclic) bond motifs is 2. The number of phenolic OH excluding ortho intramolecular Hbond substituents is 1. The highest BCUT2D eigenvalue weighted by atomic mass is 16.3. The zero-order chi connectivity index (χ0) is 19.4. The average Bonchev–Trinajstić information content (AvgIpc) is 3.31. The summed E-state index contributed by atoms with van der Waals surface area (Å²) in [5.74, 6) is 1.14. The molecule has 1 aromatic heterocycles. The largest absolute Gasteiger partial charge is 0.508 e. The maximum Gasteiger partial charge on any atom is 0.274 e. The summed E-state index contributed by atoms with van der Waals surface area (Å²) in [6, 6.07) is 8.16. The number of benzene rings is 1. The fraction of sp³-hybridized carbons (Fsp3) is 0.545. The number of likely N-dealkylation sites (tertiary alicyclic amines) is 1. The standard InChI is InChI=1S/C22H28N4O2/c1-3-18-13(2)19(24-23-18)22(28)26-12-17(15-5-4-6-16(27)11-15)21-20(26)14-7-9-25(21)10-8-14/h4-6,11,14,17,20-21,27H,3,7-10,12H2,1-2H3,(H,23,24)/t17-,20+,21+/m0/s1. The van der Waals surface area contributed by atoms with Crippen molar-refractivity contribution in [2.75, 3.05) is 19.6 Å². The predicted octanol–water partition coefficient (Wildman–Crippen LogP) is 2.69. The van der Waals surface area contributed by atoms with E-state index in [1.165, 1.54) is 0 Å². The minimum atomic E-state index is 0.0554. The molecule has 2 N–H and O–H groups in total. The smallest absolute Gasteiger partial charge is 0.274 e. The number of hydrogen-bond acceptors (Lipinski definition) is 4. The third-order valence-electron chi connectivity index (χ3n) is 7.22. The summed E-state index contributed by atoms with van der Waals surface area (Å²) in [5.41, 5.74) is 3.72. The third-order valence-corrected chi connectivity index (χ3v) is 7.22. The molecule has 4 aliphatic heterocycles. The molecule has 4 aliphatic rings. The number of carbonyl (C=O) groups excluding carboxylic acids is 1. The second kappa shape index (κ2) is 6.62. The lowest BCUT2D eigenvalue weighted by atomic mass is 9.75. The van der Waals surface area contributed by atoms with Gasteiger partial charge in [-0.2, -0.15) is 5.10 Å². The van der Waals surface area contributed by atoms with Crippen molar-refractivity contribution in [1.82, 2.24) is 20.0 Å². The number of aryl methyl sites for hydroxylation is 1. The highest BCUT2D eigenvalue weighted by Crippen LogP contribution is 2.47. The molecular weight excluding hydrogens is 352 g/mol. The molecule has 28 heavy (non-hydrogen) atoms. The number of aromatic hydroxyl groups is 1. The van der Waals surface area contributed by atoms with Gasteiger partial charge in [0.1, 0.15) is 5.75 Å². The van der Waals surface area contributed by atoms with Gasteiger partial charge in [0, 0.05) is 29.8 Å². The Kier molecular flexibility index (Phi) is 4.19. The molecule has 3 atom stereocenters. The van der Waals surface area contributed by atoms with Crippen LogP contribution in [-0.4, -0.2) is 62.7 Å². The number of rotatable bonds is 3. The number of piperidine rings is 3. The Hall–Kier alpha value is -2.34. The van der Waals surface area contributed by atoms with Crippen LogP contribution >= 0.6 is 0 Å². The molecule has 6 heteroatoms. The number of carbonyl (C=O) groups is 1. The first-order valence-corrected chi connectivity index (χ1v) is 10.5. The van der Waals surface area contributed by atoms with E-state index < -0.39 is 0 Å². The highest BCUT2D eigenvalue weighted by molar-refractivity contribution is 5.94. The van der Waals surface area contributed by atoms with Crippen molar-refractivity contribution in [3.8, 4) is 5.75 Å². The van der Waals surface area contributed by atoms with Gasteiger partial charge in [-0.3, -0.25) is 14.8 Å². The first kappa shape index (κ1) is 17.7. The summed E-state index contributed by atoms with van der Waals surface area (Å²) in [7, 11) is 0. The van der Waals surface area contributed by atoms with Crippen molar-refractivity contribution in [3.63, 3.8) is 0 Å². The number of aromatic amines is 1. The highest BCUT2D eigenvalue weighted by Gasteiger charge is 2.55. The molecule has 0 unspecified atom stereocenters. The van der Waals surface area contributed by atoms with E-state index in [1.807, 2.05) is 19.1 Å². The maximum atomic E-state index is 13.5. The average molecular weight is 380 g/mol. The molecule has 0 aliphatic carbocycles. The Bertz CT molecular complexity index is 900. The first-order chi connectivity index (χ1) is 13.6. The first-order valence-electron chi connectivity index (χ1n) is 10.5. The summed E-state index contributed by atoms with van der Waals surface area (Å²) >= 11 is 0. The van der Waals surface area contributed by atoms with Crippen LogP contribution in [-0.2, 0) is 6.42 Å². The van der Waals surface area contributed by atoms with Crippen molar-refractivity contribution in [2.45, 2.75) is 51.1 Å². The van der Waals surface area contributed by atoms with Crippen LogP contribution in [0.25, 0.3) is 0 Å². The third kappa shape index (κ3) is 2.58. The second-order valence-electron chi connectivity index (χ2n) is 8.54. The van der Waals surface area contributed by atoms with E-state index in [0.29, 0.717) is 29.9 Å². The summed E-state index contributed by atoms with van der Waals surface area (Å²) < 4.78 is 0. The molecule has 0 saturated carbocycles. The Morgan fingerprint density at radius 2 is 2.07 bits per heavy atom. The van der Waals surface area contributed by atoms with Gasteiger partial charge in [0.2, 0.25) is 0 Å². The van der Waals surface area contributed by atoms with Gasteiger partial charge in [-0.05, 0) is 62.9 Å². The zero-order valence-electron chi connectivity index (χ0n) is 16.6. The monoisotopic (exact) mass is 380 g/mol. The van der Waals surface area contributed by atoms with E-state index >= 15 is 0 Å². The van der Waals surface area contributed by atoms with E-state index in [0.717, 1.165) is 49.2 Å². The van der Waals surface area contributed by atoms with Gasteiger partial charge in [0.05, 0.1) is 6.04 Å². The topological polar surface area (TPSA) is 72.5 Å². The van der Waals surface area contributed by atoms with Crippen molar-refractivity contribution >= 4 is 5.91 Å². The molecule has 4 saturated heterocycles. The van der Waals surface area contributed by atoms with Gasteiger partial charge in [-0.25, -0.2) is 0 Å². The molecule has 0 spiro atoms. The number of H-pyrrole nitrogens is 1. The Labute approximate surface area is 165 Å². The summed E-state index contributed by atoms with van der Waals surface area (Å²) in [6.45, 7) is 6.99. The minimum absolute atomic E-state index is 0.0554. The molecule has 0 radical (unpaired) electrons. The lowest BCUT2D eigenvalue weighted by Crippen LogP contribution is -2.60. The number of aromatic nitrogens is 2. The molecule has 1 aromatic carbocycles. The predicted molar refractivity (Wildman–Crippen MR) is 106 cm³/mol. The van der Waals surface area contributed by atoms with Crippen LogP contribution in [0.5, 0.6) is 5.75 Å². The fourth-order valence-corrected chi connectivity index (χ4v) is 5.83. The van der Waals surface area contributed by atoms with E-state index in [1.54, 1.807) is 6.07 Å². The van der Waals surface area contributed by atoms with E-state index in [2.05, 4.69) is 33.0 Å². The maximum absolute atomic E-state index is 13.5. The van der Waals surface area contributed by atoms with Crippen LogP contribution in [0.2, 0.25) is 0 Å². The van der Waals surface area contributed by atoms with Crippen LogP contribution in [0.3, 0.4) is 0 Å². The van der Waals surface area contributed by atoms with E-state index in [-0.39, 0.29) is 17.9 Å². The minimum Gasteiger partial charge on any atom is -0.508 e. The Morgan fingerprint density at radius 1 is 1.29 bits per heavy atom. The van der Waals surface area contributed by atoms with Crippen LogP contribution in [0.1, 0.15) is 53.0 Å². The zero-order valence-corrected chi connectivity index (χ0v) is 16.6. The molecule has 4 fully saturated rings. The van der Waals surface area contributed by atoms with Gasteiger partial charge in [-0.1, -0.05) is 19.1 Å². The molecular formula is C22H28N4O2. The van der Waals surface area contributed by atoms with E-state index in [4.69, 9.17) is 0 Å². The molecule has 5 heterocycles. The van der Waals surface area contributed by atoms with E-state index in [9.17, 15) is 9.90 Å². The number of nitrogens with one attached hydrogen (secondary N) is 1. The molecule has 148 valence electrons. The quantitative estimate of drug-likeness (QED) is 0.859. The number of amides is 1. The number of phenols is 1. The molecule has 2 bridgehead atoms. The summed E-state index contributed by atoms with van der Waals surface area (Å²) in [5, 5.41) is 17.4. The van der Waals surface area contributed by atoms with Gasteiger partial charge in [-0.15, -0.1) is 0 Å². The Balaban J connectivity index is 1.53. The lowest BCUT2D eigenvalue weighted by molar-refractivity contribution is -0.00361. The summed E-state index contributed by atoms with van der Waals surface area (Å²) in [4.78, 5) is 18.2. The van der Waals surface area contributed by atoms with Crippen LogP contribution in [0.15, 0.2) is 24.3 Å². The fourth-order valence-electron chi connectivity index (χ4n) is 5.83. The number of nitrogens with zero attached hydrogens (tertiary/aromatic N) is 3. The van der Waals surface area contributed by atoms with Crippen molar-refractivity contribution in [2.24, 2.45) is 5.92 Å². The van der Waals surface area contributed by atoms with Crippen molar-refractivity contribution < 1.29 is 9.90 Å². The number of hydrogen-bond donors (Lipinski definition) is 2. The normalized spacial score (nSPS) is 31.2. The Morgan fingerprint density at radius 3 is 2.75 bits per heavy atom.